The van der Waals surface area contributed by atoms with Gasteiger partial charge in [-0.25, -0.2) is 4.98 Å². The Hall–Kier alpha value is -0.400. The summed E-state index contributed by atoms with van der Waals surface area (Å²) in [5.41, 5.74) is 6.03. The number of aromatic nitrogens is 1. The predicted octanol–water partition coefficient (Wildman–Crippen LogP) is 1.70. The molecule has 8 heteroatoms. The lowest BCUT2D eigenvalue weighted by Gasteiger charge is -2.14. The average molecular weight is 367 g/mol. The van der Waals surface area contributed by atoms with E-state index in [4.69, 9.17) is 5.73 Å². The summed E-state index contributed by atoms with van der Waals surface area (Å²) in [6, 6.07) is 0.841. The summed E-state index contributed by atoms with van der Waals surface area (Å²) in [4.78, 5) is 18.9. The highest BCUT2D eigenvalue weighted by Crippen LogP contribution is 2.31. The van der Waals surface area contributed by atoms with E-state index in [0.29, 0.717) is 18.2 Å². The first kappa shape index (κ1) is 19.6. The Morgan fingerprint density at radius 2 is 2.18 bits per heavy atom. The quantitative estimate of drug-likeness (QED) is 0.803. The van der Waals surface area contributed by atoms with Crippen molar-refractivity contribution in [1.82, 2.24) is 15.2 Å². The molecule has 1 amide bonds. The van der Waals surface area contributed by atoms with E-state index in [0.717, 1.165) is 30.6 Å². The second-order valence-electron chi connectivity index (χ2n) is 5.76. The predicted molar refractivity (Wildman–Crippen MR) is 94.4 cm³/mol. The van der Waals surface area contributed by atoms with Crippen molar-refractivity contribution in [2.24, 2.45) is 11.7 Å². The van der Waals surface area contributed by atoms with Crippen molar-refractivity contribution < 1.29 is 4.79 Å². The zero-order valence-corrected chi connectivity index (χ0v) is 14.9. The molecule has 2 fully saturated rings. The molecule has 1 aliphatic heterocycles. The Labute approximate surface area is 147 Å². The second kappa shape index (κ2) is 9.03. The van der Waals surface area contributed by atoms with Crippen LogP contribution in [0.15, 0.2) is 5.38 Å². The number of thiazole rings is 1. The van der Waals surface area contributed by atoms with Gasteiger partial charge in [-0.2, -0.15) is 0 Å². The van der Waals surface area contributed by atoms with Gasteiger partial charge in [0.25, 0.3) is 5.91 Å². The van der Waals surface area contributed by atoms with Gasteiger partial charge in [-0.1, -0.05) is 0 Å². The molecule has 1 atom stereocenters. The van der Waals surface area contributed by atoms with E-state index in [2.05, 4.69) is 15.2 Å². The molecule has 0 bridgehead atoms. The molecule has 3 N–H and O–H groups in total. The SMILES string of the molecule is Cl.Cl.NCCc1nc(C(=O)NCC2CCN(C3CC3)C2)cs1. The fourth-order valence-corrected chi connectivity index (χ4v) is 3.58. The smallest absolute Gasteiger partial charge is 0.270 e. The summed E-state index contributed by atoms with van der Waals surface area (Å²) < 4.78 is 0. The summed E-state index contributed by atoms with van der Waals surface area (Å²) >= 11 is 1.51. The van der Waals surface area contributed by atoms with Crippen molar-refractivity contribution >= 4 is 42.1 Å². The zero-order valence-electron chi connectivity index (χ0n) is 12.5. The van der Waals surface area contributed by atoms with E-state index < -0.39 is 0 Å². The van der Waals surface area contributed by atoms with Crippen molar-refractivity contribution in [1.29, 1.82) is 0 Å². The van der Waals surface area contributed by atoms with Gasteiger partial charge in [-0.05, 0) is 38.3 Å². The zero-order chi connectivity index (χ0) is 13.9. The molecule has 0 radical (unpaired) electrons. The maximum absolute atomic E-state index is 12.0. The minimum atomic E-state index is -0.0469. The first-order chi connectivity index (χ1) is 9.76. The van der Waals surface area contributed by atoms with Crippen LogP contribution in [0.3, 0.4) is 0 Å². The van der Waals surface area contributed by atoms with Crippen molar-refractivity contribution in [2.45, 2.75) is 31.7 Å². The van der Waals surface area contributed by atoms with Gasteiger partial charge in [0, 0.05) is 30.9 Å². The third-order valence-corrected chi connectivity index (χ3v) is 4.98. The summed E-state index contributed by atoms with van der Waals surface area (Å²) in [5, 5.41) is 5.79. The number of likely N-dealkylation sites (tertiary alicyclic amines) is 1. The van der Waals surface area contributed by atoms with Gasteiger partial charge in [0.05, 0.1) is 5.01 Å². The number of hydrogen-bond donors (Lipinski definition) is 2. The third-order valence-electron chi connectivity index (χ3n) is 4.07. The fourth-order valence-electron chi connectivity index (χ4n) is 2.78. The van der Waals surface area contributed by atoms with Crippen LogP contribution in [0, 0.1) is 5.92 Å². The summed E-state index contributed by atoms with van der Waals surface area (Å²) in [5.74, 6) is 0.552. The van der Waals surface area contributed by atoms with Gasteiger partial charge in [-0.3, -0.25) is 4.79 Å². The highest BCUT2D eigenvalue weighted by atomic mass is 35.5. The molecule has 1 saturated heterocycles. The van der Waals surface area contributed by atoms with E-state index in [-0.39, 0.29) is 30.7 Å². The molecular weight excluding hydrogens is 343 g/mol. The molecule has 22 heavy (non-hydrogen) atoms. The summed E-state index contributed by atoms with van der Waals surface area (Å²) in [6.45, 7) is 3.68. The number of halogens is 2. The molecule has 126 valence electrons. The van der Waals surface area contributed by atoms with E-state index in [1.807, 2.05) is 5.38 Å². The van der Waals surface area contributed by atoms with Crippen molar-refractivity contribution in [3.63, 3.8) is 0 Å². The molecule has 1 unspecified atom stereocenters. The number of carbonyl (C=O) groups excluding carboxylic acids is 1. The maximum atomic E-state index is 12.0. The Morgan fingerprint density at radius 3 is 2.86 bits per heavy atom. The van der Waals surface area contributed by atoms with E-state index in [9.17, 15) is 4.79 Å². The number of hydrogen-bond acceptors (Lipinski definition) is 5. The lowest BCUT2D eigenvalue weighted by molar-refractivity contribution is 0.0943. The van der Waals surface area contributed by atoms with Gasteiger partial charge >= 0.3 is 0 Å². The minimum Gasteiger partial charge on any atom is -0.350 e. The van der Waals surface area contributed by atoms with E-state index in [1.54, 1.807) is 0 Å². The largest absolute Gasteiger partial charge is 0.350 e. The van der Waals surface area contributed by atoms with Crippen LogP contribution in [0.5, 0.6) is 0 Å². The molecule has 1 saturated carbocycles. The molecule has 0 aromatic carbocycles. The van der Waals surface area contributed by atoms with Gasteiger partial charge in [0.2, 0.25) is 0 Å². The molecule has 2 aliphatic rings. The van der Waals surface area contributed by atoms with Crippen LogP contribution in [0.1, 0.15) is 34.8 Å². The van der Waals surface area contributed by atoms with Crippen LogP contribution in [-0.4, -0.2) is 48.0 Å². The topological polar surface area (TPSA) is 71.2 Å². The van der Waals surface area contributed by atoms with E-state index >= 15 is 0 Å². The molecule has 1 aliphatic carbocycles. The molecule has 1 aromatic heterocycles. The van der Waals surface area contributed by atoms with Crippen LogP contribution >= 0.6 is 36.2 Å². The van der Waals surface area contributed by atoms with Crippen LogP contribution in [-0.2, 0) is 6.42 Å². The number of rotatable bonds is 6. The van der Waals surface area contributed by atoms with Gasteiger partial charge in [-0.15, -0.1) is 36.2 Å². The molecule has 3 rings (SSSR count). The monoisotopic (exact) mass is 366 g/mol. The molecule has 0 spiro atoms. The fraction of sp³-hybridized carbons (Fsp3) is 0.714. The van der Waals surface area contributed by atoms with Gasteiger partial charge in [0.1, 0.15) is 5.69 Å². The van der Waals surface area contributed by atoms with Gasteiger partial charge in [0.15, 0.2) is 0 Å². The Bertz CT molecular complexity index is 481. The second-order valence-corrected chi connectivity index (χ2v) is 6.70. The minimum absolute atomic E-state index is 0. The van der Waals surface area contributed by atoms with Crippen LogP contribution in [0.25, 0.3) is 0 Å². The van der Waals surface area contributed by atoms with Crippen LogP contribution in [0.4, 0.5) is 0 Å². The van der Waals surface area contributed by atoms with Gasteiger partial charge < -0.3 is 16.0 Å². The van der Waals surface area contributed by atoms with E-state index in [1.165, 1.54) is 37.1 Å². The highest BCUT2D eigenvalue weighted by molar-refractivity contribution is 7.09. The van der Waals surface area contributed by atoms with Crippen LogP contribution in [0.2, 0.25) is 0 Å². The number of carbonyl (C=O) groups is 1. The molecule has 2 heterocycles. The first-order valence-corrected chi connectivity index (χ1v) is 8.31. The lowest BCUT2D eigenvalue weighted by Crippen LogP contribution is -2.31. The molecule has 5 nitrogen and oxygen atoms in total. The number of nitrogens with one attached hydrogen (secondary N) is 1. The van der Waals surface area contributed by atoms with Crippen molar-refractivity contribution in [3.8, 4) is 0 Å². The lowest BCUT2D eigenvalue weighted by atomic mass is 10.1. The standard InChI is InChI=1S/C14H22N4OS.2ClH/c15-5-3-13-17-12(9-20-13)14(19)16-7-10-4-6-18(8-10)11-1-2-11;;/h9-11H,1-8,15H2,(H,16,19);2*1H. The van der Waals surface area contributed by atoms with Crippen molar-refractivity contribution in [2.75, 3.05) is 26.2 Å². The Morgan fingerprint density at radius 1 is 1.41 bits per heavy atom. The molecular formula is C14H24Cl2N4OS. The third kappa shape index (κ3) is 5.06. The molecule has 1 aromatic rings. The Kier molecular flexibility index (Phi) is 8.07. The first-order valence-electron chi connectivity index (χ1n) is 7.43. The average Bonchev–Trinajstić information content (AvgIpc) is 3.01. The Balaban J connectivity index is 0.00000121. The maximum Gasteiger partial charge on any atom is 0.270 e. The number of nitrogens with zero attached hydrogens (tertiary/aromatic N) is 2. The summed E-state index contributed by atoms with van der Waals surface area (Å²) in [6.07, 6.45) is 4.67. The number of amides is 1. The summed E-state index contributed by atoms with van der Waals surface area (Å²) in [7, 11) is 0. The number of nitrogens with two attached hydrogens (primary N) is 1. The highest BCUT2D eigenvalue weighted by Gasteiger charge is 2.34. The normalized spacial score (nSPS) is 21.0. The van der Waals surface area contributed by atoms with Crippen LogP contribution < -0.4 is 11.1 Å². The van der Waals surface area contributed by atoms with Crippen molar-refractivity contribution in [3.05, 3.63) is 16.1 Å².